The molecule has 0 N–H and O–H groups in total. The molecule has 10 aromatic rings. The summed E-state index contributed by atoms with van der Waals surface area (Å²) in [6.07, 6.45) is 0. The molecular formula is C52H33N3S. The molecule has 0 saturated heterocycles. The third-order valence-electron chi connectivity index (χ3n) is 11.2. The Hall–Kier alpha value is -7.01. The van der Waals surface area contributed by atoms with E-state index in [0.717, 1.165) is 22.3 Å². The molecule has 2 heterocycles. The van der Waals surface area contributed by atoms with Crippen molar-refractivity contribution in [3.8, 4) is 56.4 Å². The summed E-state index contributed by atoms with van der Waals surface area (Å²) in [5.74, 6) is 1.95. The van der Waals surface area contributed by atoms with E-state index in [1.807, 2.05) is 72.0 Å². The topological polar surface area (TPSA) is 38.7 Å². The van der Waals surface area contributed by atoms with Gasteiger partial charge in [-0.05, 0) is 51.1 Å². The maximum Gasteiger partial charge on any atom is 0.164 e. The van der Waals surface area contributed by atoms with Crippen LogP contribution in [-0.2, 0) is 5.41 Å². The van der Waals surface area contributed by atoms with Gasteiger partial charge < -0.3 is 0 Å². The largest absolute Gasteiger partial charge is 0.208 e. The molecule has 0 bridgehead atoms. The van der Waals surface area contributed by atoms with Crippen LogP contribution in [0.1, 0.15) is 22.3 Å². The highest BCUT2D eigenvalue weighted by molar-refractivity contribution is 7.26. The summed E-state index contributed by atoms with van der Waals surface area (Å²) >= 11 is 1.90. The summed E-state index contributed by atoms with van der Waals surface area (Å²) in [7, 11) is 0. The predicted molar refractivity (Wildman–Crippen MR) is 232 cm³/mol. The Bertz CT molecular complexity index is 2950. The van der Waals surface area contributed by atoms with Gasteiger partial charge in [-0.1, -0.05) is 188 Å². The Kier molecular flexibility index (Phi) is 7.58. The standard InChI is InChI=1S/C52H33N3S/c1-5-17-35(18-6-1)49-53-50(36-19-7-2-8-20-36)55-51(54-49)37-31-29-34(30-32-37)42-33-44-47(48-46(42)41-26-14-16-28-45(41)56-48)40-25-13-15-27-43(40)52(44,38-21-9-3-10-22-38)39-23-11-4-12-24-39/h1-33H. The number of aromatic nitrogens is 3. The second-order valence-electron chi connectivity index (χ2n) is 14.3. The molecule has 0 fully saturated rings. The van der Waals surface area contributed by atoms with Crippen molar-refractivity contribution in [2.75, 3.05) is 0 Å². The molecule has 1 aliphatic carbocycles. The number of rotatable bonds is 6. The fraction of sp³-hybridized carbons (Fsp3) is 0.0192. The average Bonchev–Trinajstić information content (AvgIpc) is 3.82. The number of benzene rings is 8. The molecule has 11 rings (SSSR count). The van der Waals surface area contributed by atoms with Crippen LogP contribution in [0.5, 0.6) is 0 Å². The van der Waals surface area contributed by atoms with Crippen molar-refractivity contribution in [3.63, 3.8) is 0 Å². The first-order chi connectivity index (χ1) is 27.8. The van der Waals surface area contributed by atoms with Crippen molar-refractivity contribution in [1.29, 1.82) is 0 Å². The lowest BCUT2D eigenvalue weighted by Crippen LogP contribution is -2.28. The van der Waals surface area contributed by atoms with Crippen LogP contribution < -0.4 is 0 Å². The molecule has 0 unspecified atom stereocenters. The lowest BCUT2D eigenvalue weighted by atomic mass is 9.67. The van der Waals surface area contributed by atoms with Gasteiger partial charge >= 0.3 is 0 Å². The molecule has 0 aliphatic heterocycles. The van der Waals surface area contributed by atoms with E-state index in [1.165, 1.54) is 59.1 Å². The molecule has 0 spiro atoms. The molecule has 262 valence electrons. The van der Waals surface area contributed by atoms with Gasteiger partial charge in [0.05, 0.1) is 5.41 Å². The minimum atomic E-state index is -0.500. The van der Waals surface area contributed by atoms with E-state index in [0.29, 0.717) is 17.5 Å². The summed E-state index contributed by atoms with van der Waals surface area (Å²) in [4.78, 5) is 15.0. The summed E-state index contributed by atoms with van der Waals surface area (Å²) in [6.45, 7) is 0. The van der Waals surface area contributed by atoms with Crippen LogP contribution in [0.25, 0.3) is 76.6 Å². The van der Waals surface area contributed by atoms with Crippen molar-refractivity contribution >= 4 is 31.5 Å². The van der Waals surface area contributed by atoms with E-state index in [1.54, 1.807) is 0 Å². The van der Waals surface area contributed by atoms with Crippen molar-refractivity contribution in [2.45, 2.75) is 5.41 Å². The van der Waals surface area contributed by atoms with Gasteiger partial charge in [0.25, 0.3) is 0 Å². The van der Waals surface area contributed by atoms with Gasteiger partial charge in [0.1, 0.15) is 0 Å². The van der Waals surface area contributed by atoms with E-state index in [2.05, 4.69) is 140 Å². The van der Waals surface area contributed by atoms with Crippen molar-refractivity contribution in [2.24, 2.45) is 0 Å². The Morgan fingerprint density at radius 1 is 0.375 bits per heavy atom. The van der Waals surface area contributed by atoms with Gasteiger partial charge in [0, 0.05) is 42.4 Å². The highest BCUT2D eigenvalue weighted by Gasteiger charge is 2.47. The molecule has 0 radical (unpaired) electrons. The predicted octanol–water partition coefficient (Wildman–Crippen LogP) is 13.3. The molecule has 1 aliphatic rings. The van der Waals surface area contributed by atoms with Crippen LogP contribution in [-0.4, -0.2) is 15.0 Å². The van der Waals surface area contributed by atoms with E-state index < -0.39 is 5.41 Å². The highest BCUT2D eigenvalue weighted by atomic mass is 32.1. The lowest BCUT2D eigenvalue weighted by Gasteiger charge is -2.34. The Balaban J connectivity index is 1.16. The van der Waals surface area contributed by atoms with Gasteiger partial charge in [-0.15, -0.1) is 11.3 Å². The normalized spacial score (nSPS) is 12.8. The van der Waals surface area contributed by atoms with Crippen LogP contribution in [0.4, 0.5) is 0 Å². The third kappa shape index (κ3) is 5.00. The number of hydrogen-bond donors (Lipinski definition) is 0. The van der Waals surface area contributed by atoms with E-state index in [4.69, 9.17) is 15.0 Å². The summed E-state index contributed by atoms with van der Waals surface area (Å²) < 4.78 is 2.61. The highest BCUT2D eigenvalue weighted by Crippen LogP contribution is 2.60. The van der Waals surface area contributed by atoms with E-state index in [-0.39, 0.29) is 0 Å². The number of hydrogen-bond acceptors (Lipinski definition) is 4. The average molecular weight is 732 g/mol. The summed E-state index contributed by atoms with van der Waals surface area (Å²) in [6, 6.07) is 71.6. The molecule has 4 heteroatoms. The van der Waals surface area contributed by atoms with Gasteiger partial charge in [-0.25, -0.2) is 15.0 Å². The Morgan fingerprint density at radius 2 is 0.839 bits per heavy atom. The van der Waals surface area contributed by atoms with Crippen LogP contribution in [0, 0.1) is 0 Å². The maximum atomic E-state index is 5.02. The zero-order chi connectivity index (χ0) is 37.1. The minimum absolute atomic E-state index is 0.500. The van der Waals surface area contributed by atoms with Gasteiger partial charge in [-0.2, -0.15) is 0 Å². The molecule has 8 aromatic carbocycles. The fourth-order valence-corrected chi connectivity index (χ4v) is 10.1. The third-order valence-corrected chi connectivity index (χ3v) is 12.4. The molecule has 2 aromatic heterocycles. The van der Waals surface area contributed by atoms with Crippen molar-refractivity contribution < 1.29 is 0 Å². The SMILES string of the molecule is c1ccc(-c2nc(-c3ccccc3)nc(-c3ccc(-c4cc5c(c6sc7ccccc7c46)-c4ccccc4C5(c4ccccc4)c4ccccc4)cc3)n2)cc1. The smallest absolute Gasteiger partial charge is 0.164 e. The van der Waals surface area contributed by atoms with E-state index >= 15 is 0 Å². The zero-order valence-corrected chi connectivity index (χ0v) is 31.1. The number of thiophene rings is 1. The second kappa shape index (κ2) is 13.1. The summed E-state index contributed by atoms with van der Waals surface area (Å²) in [5, 5.41) is 2.57. The van der Waals surface area contributed by atoms with Gasteiger partial charge in [-0.3, -0.25) is 0 Å². The molecular weight excluding hydrogens is 699 g/mol. The Labute approximate surface area is 329 Å². The van der Waals surface area contributed by atoms with Crippen LogP contribution in [0.15, 0.2) is 200 Å². The van der Waals surface area contributed by atoms with E-state index in [9.17, 15) is 0 Å². The van der Waals surface area contributed by atoms with Crippen molar-refractivity contribution in [3.05, 3.63) is 222 Å². The summed E-state index contributed by atoms with van der Waals surface area (Å²) in [5.41, 5.74) is 12.5. The second-order valence-corrected chi connectivity index (χ2v) is 15.3. The molecule has 0 saturated carbocycles. The molecule has 56 heavy (non-hydrogen) atoms. The minimum Gasteiger partial charge on any atom is -0.208 e. The van der Waals surface area contributed by atoms with Gasteiger partial charge in [0.15, 0.2) is 17.5 Å². The molecule has 3 nitrogen and oxygen atoms in total. The first-order valence-corrected chi connectivity index (χ1v) is 19.8. The molecule has 0 atom stereocenters. The van der Waals surface area contributed by atoms with Crippen molar-refractivity contribution in [1.82, 2.24) is 15.0 Å². The molecule has 0 amide bonds. The van der Waals surface area contributed by atoms with Crippen LogP contribution >= 0.6 is 11.3 Å². The maximum absolute atomic E-state index is 5.02. The van der Waals surface area contributed by atoms with Crippen LogP contribution in [0.3, 0.4) is 0 Å². The quantitative estimate of drug-likeness (QED) is 0.171. The Morgan fingerprint density at radius 3 is 1.43 bits per heavy atom. The monoisotopic (exact) mass is 731 g/mol. The number of nitrogens with zero attached hydrogens (tertiary/aromatic N) is 3. The first-order valence-electron chi connectivity index (χ1n) is 18.9. The number of fused-ring (bicyclic) bond motifs is 7. The van der Waals surface area contributed by atoms with Gasteiger partial charge in [0.2, 0.25) is 0 Å². The fourth-order valence-electron chi connectivity index (χ4n) is 8.77. The lowest BCUT2D eigenvalue weighted by molar-refractivity contribution is 0.769. The first kappa shape index (κ1) is 32.4. The zero-order valence-electron chi connectivity index (χ0n) is 30.3. The van der Waals surface area contributed by atoms with Crippen LogP contribution in [0.2, 0.25) is 0 Å².